The fourth-order valence-electron chi connectivity index (χ4n) is 1.82. The molecule has 3 heteroatoms. The van der Waals surface area contributed by atoms with Gasteiger partial charge >= 0.3 is 0 Å². The molecular weight excluding hydrogens is 298 g/mol. The van der Waals surface area contributed by atoms with Gasteiger partial charge in [0.15, 0.2) is 0 Å². The van der Waals surface area contributed by atoms with E-state index >= 15 is 0 Å². The molecule has 0 saturated carbocycles. The summed E-state index contributed by atoms with van der Waals surface area (Å²) in [5, 5.41) is 0. The molecule has 0 spiro atoms. The van der Waals surface area contributed by atoms with Crippen LogP contribution in [0.1, 0.15) is 12.5 Å². The molecule has 1 aliphatic rings. The monoisotopic (exact) mass is 319 g/mol. The van der Waals surface area contributed by atoms with E-state index in [1.54, 1.807) is 30.3 Å². The Kier molecular flexibility index (Phi) is 8.26. The molecule has 0 unspecified atom stereocenters. The number of anilines is 1. The number of carbonyl (C=O) groups excluding carboxylic acids is 2. The lowest BCUT2D eigenvalue weighted by atomic mass is 10.2. The van der Waals surface area contributed by atoms with Gasteiger partial charge < -0.3 is 0 Å². The summed E-state index contributed by atoms with van der Waals surface area (Å²) in [6.45, 7) is 8.88. The quantitative estimate of drug-likeness (QED) is 0.597. The largest absolute Gasteiger partial charge is 0.269 e. The molecule has 2 aromatic rings. The van der Waals surface area contributed by atoms with E-state index in [1.807, 2.05) is 49.4 Å². The van der Waals surface area contributed by atoms with Gasteiger partial charge in [-0.15, -0.1) is 6.58 Å². The molecule has 0 aromatic heterocycles. The minimum absolute atomic E-state index is 0.281. The molecule has 3 nitrogen and oxygen atoms in total. The summed E-state index contributed by atoms with van der Waals surface area (Å²) in [6, 6.07) is 18.9. The summed E-state index contributed by atoms with van der Waals surface area (Å²) in [6.07, 6.45) is 6.13. The van der Waals surface area contributed by atoms with Crippen LogP contribution in [0.5, 0.6) is 0 Å². The van der Waals surface area contributed by atoms with Gasteiger partial charge in [-0.3, -0.25) is 9.59 Å². The number of para-hydroxylation sites is 1. The number of hydrogen-bond donors (Lipinski definition) is 0. The van der Waals surface area contributed by atoms with E-state index < -0.39 is 0 Å². The van der Waals surface area contributed by atoms with Crippen LogP contribution in [-0.2, 0) is 9.59 Å². The SMILES string of the molecule is C=CC.C=Cc1ccccc1.O=C1C=CC(=O)N1c1ccccc1. The first kappa shape index (κ1) is 18.8. The number of benzene rings is 2. The summed E-state index contributed by atoms with van der Waals surface area (Å²) in [4.78, 5) is 23.5. The predicted molar refractivity (Wildman–Crippen MR) is 100 cm³/mol. The van der Waals surface area contributed by atoms with Crippen molar-refractivity contribution in [3.63, 3.8) is 0 Å². The van der Waals surface area contributed by atoms with E-state index in [9.17, 15) is 9.59 Å². The number of nitrogens with zero attached hydrogens (tertiary/aromatic N) is 1. The Bertz CT molecular complexity index is 685. The van der Waals surface area contributed by atoms with Gasteiger partial charge in [-0.25, -0.2) is 4.90 Å². The summed E-state index contributed by atoms with van der Waals surface area (Å²) in [7, 11) is 0. The third kappa shape index (κ3) is 5.89. The van der Waals surface area contributed by atoms with Crippen LogP contribution in [-0.4, -0.2) is 11.8 Å². The average molecular weight is 319 g/mol. The van der Waals surface area contributed by atoms with Gasteiger partial charge in [0.25, 0.3) is 11.8 Å². The second-order valence-corrected chi connectivity index (χ2v) is 4.70. The van der Waals surface area contributed by atoms with Gasteiger partial charge in [0, 0.05) is 12.2 Å². The van der Waals surface area contributed by atoms with Crippen molar-refractivity contribution < 1.29 is 9.59 Å². The summed E-state index contributed by atoms with van der Waals surface area (Å²) in [5.74, 6) is -0.563. The third-order valence-electron chi connectivity index (χ3n) is 2.86. The van der Waals surface area contributed by atoms with Crippen molar-refractivity contribution in [1.29, 1.82) is 0 Å². The number of carbonyl (C=O) groups is 2. The highest BCUT2D eigenvalue weighted by atomic mass is 16.2. The van der Waals surface area contributed by atoms with E-state index in [0.717, 1.165) is 4.90 Å². The first-order valence-electron chi connectivity index (χ1n) is 7.49. The molecule has 2 aromatic carbocycles. The van der Waals surface area contributed by atoms with Gasteiger partial charge in [-0.05, 0) is 24.6 Å². The van der Waals surface area contributed by atoms with Crippen LogP contribution in [0.2, 0.25) is 0 Å². The zero-order valence-electron chi connectivity index (χ0n) is 13.8. The number of hydrogen-bond acceptors (Lipinski definition) is 2. The van der Waals surface area contributed by atoms with Crippen LogP contribution < -0.4 is 4.90 Å². The Balaban J connectivity index is 0.000000224. The van der Waals surface area contributed by atoms with Crippen LogP contribution in [0.4, 0.5) is 5.69 Å². The normalized spacial score (nSPS) is 11.8. The van der Waals surface area contributed by atoms with Gasteiger partial charge in [0.05, 0.1) is 5.69 Å². The van der Waals surface area contributed by atoms with E-state index in [1.165, 1.54) is 17.7 Å². The lowest BCUT2D eigenvalue weighted by Crippen LogP contribution is -2.29. The van der Waals surface area contributed by atoms with Crippen molar-refractivity contribution in [2.45, 2.75) is 6.92 Å². The first-order chi connectivity index (χ1) is 11.6. The maximum Gasteiger partial charge on any atom is 0.258 e. The van der Waals surface area contributed by atoms with Gasteiger partial charge in [0.1, 0.15) is 0 Å². The Morgan fingerprint density at radius 3 is 1.58 bits per heavy atom. The molecule has 0 saturated heterocycles. The fourth-order valence-corrected chi connectivity index (χ4v) is 1.82. The Morgan fingerprint density at radius 1 is 0.792 bits per heavy atom. The Labute approximate surface area is 143 Å². The summed E-state index contributed by atoms with van der Waals surface area (Å²) < 4.78 is 0. The average Bonchev–Trinajstić information content (AvgIpc) is 2.96. The van der Waals surface area contributed by atoms with E-state index in [4.69, 9.17) is 0 Å². The first-order valence-corrected chi connectivity index (χ1v) is 7.49. The van der Waals surface area contributed by atoms with Crippen LogP contribution in [0.15, 0.2) is 92.0 Å². The third-order valence-corrected chi connectivity index (χ3v) is 2.86. The fraction of sp³-hybridized carbons (Fsp3) is 0.0476. The minimum Gasteiger partial charge on any atom is -0.269 e. The van der Waals surface area contributed by atoms with Crippen LogP contribution in [0, 0.1) is 0 Å². The Morgan fingerprint density at radius 2 is 1.21 bits per heavy atom. The van der Waals surface area contributed by atoms with Gasteiger partial charge in [0.2, 0.25) is 0 Å². The number of amides is 2. The zero-order valence-corrected chi connectivity index (χ0v) is 13.8. The molecule has 1 aliphatic heterocycles. The molecule has 2 amide bonds. The highest BCUT2D eigenvalue weighted by Crippen LogP contribution is 2.17. The van der Waals surface area contributed by atoms with Crippen LogP contribution >= 0.6 is 0 Å². The van der Waals surface area contributed by atoms with Crippen molar-refractivity contribution in [2.75, 3.05) is 4.90 Å². The van der Waals surface area contributed by atoms with Gasteiger partial charge in [-0.2, -0.15) is 0 Å². The second-order valence-electron chi connectivity index (χ2n) is 4.70. The van der Waals surface area contributed by atoms with E-state index in [2.05, 4.69) is 13.2 Å². The maximum absolute atomic E-state index is 11.2. The van der Waals surface area contributed by atoms with Crippen molar-refractivity contribution in [1.82, 2.24) is 0 Å². The molecule has 0 bridgehead atoms. The Hall–Kier alpha value is -3.20. The van der Waals surface area contributed by atoms with Gasteiger partial charge in [-0.1, -0.05) is 67.3 Å². The predicted octanol–water partition coefficient (Wildman–Crippen LogP) is 4.64. The van der Waals surface area contributed by atoms with Crippen molar-refractivity contribution in [2.24, 2.45) is 0 Å². The molecule has 24 heavy (non-hydrogen) atoms. The van der Waals surface area contributed by atoms with Crippen molar-refractivity contribution in [3.05, 3.63) is 97.6 Å². The minimum atomic E-state index is -0.281. The molecule has 0 radical (unpaired) electrons. The maximum atomic E-state index is 11.2. The molecule has 0 fully saturated rings. The lowest BCUT2D eigenvalue weighted by molar-refractivity contribution is -0.119. The molecule has 1 heterocycles. The van der Waals surface area contributed by atoms with Crippen LogP contribution in [0.3, 0.4) is 0 Å². The highest BCUT2D eigenvalue weighted by molar-refractivity contribution is 6.28. The second kappa shape index (κ2) is 10.5. The molecule has 122 valence electrons. The molecule has 0 atom stereocenters. The molecule has 0 aliphatic carbocycles. The van der Waals surface area contributed by atoms with Crippen LogP contribution in [0.25, 0.3) is 6.08 Å². The topological polar surface area (TPSA) is 37.4 Å². The number of imide groups is 1. The summed E-state index contributed by atoms with van der Waals surface area (Å²) in [5.41, 5.74) is 1.79. The van der Waals surface area contributed by atoms with E-state index in [0.29, 0.717) is 5.69 Å². The number of rotatable bonds is 2. The standard InChI is InChI=1S/C10H7NO2.C8H8.C3H6/c12-9-6-7-10(13)11(9)8-4-2-1-3-5-8;1-2-8-6-4-3-5-7-8;1-3-2/h1-7H;2-7H,1H2;3H,1H2,2H3. The van der Waals surface area contributed by atoms with E-state index in [-0.39, 0.29) is 11.8 Å². The molecular formula is C21H21NO2. The lowest BCUT2D eigenvalue weighted by Gasteiger charge is -2.12. The molecule has 0 N–H and O–H groups in total. The molecule has 3 rings (SSSR count). The summed E-state index contributed by atoms with van der Waals surface area (Å²) >= 11 is 0. The van der Waals surface area contributed by atoms with Crippen molar-refractivity contribution >= 4 is 23.6 Å². The smallest absolute Gasteiger partial charge is 0.258 e. The number of allylic oxidation sites excluding steroid dienone is 1. The highest BCUT2D eigenvalue weighted by Gasteiger charge is 2.24. The van der Waals surface area contributed by atoms with Crippen molar-refractivity contribution in [3.8, 4) is 0 Å². The zero-order chi connectivity index (χ0) is 17.8.